The molecule has 1 N–H and O–H groups in total. The lowest BCUT2D eigenvalue weighted by Crippen LogP contribution is -2.34. The van der Waals surface area contributed by atoms with E-state index in [0.717, 1.165) is 22.1 Å². The van der Waals surface area contributed by atoms with E-state index in [2.05, 4.69) is 4.72 Å². The number of aryl methyl sites for hydroxylation is 1. The summed E-state index contributed by atoms with van der Waals surface area (Å²) >= 11 is 0. The summed E-state index contributed by atoms with van der Waals surface area (Å²) < 4.78 is 33.2. The number of hydrogen-bond donors (Lipinski definition) is 1. The van der Waals surface area contributed by atoms with Gasteiger partial charge in [-0.05, 0) is 42.0 Å². The van der Waals surface area contributed by atoms with Crippen LogP contribution in [0.5, 0.6) is 5.75 Å². The summed E-state index contributed by atoms with van der Waals surface area (Å²) in [5.41, 5.74) is 1.15. The van der Waals surface area contributed by atoms with E-state index < -0.39 is 10.0 Å². The molecular formula is C23H26N2O4S. The van der Waals surface area contributed by atoms with Crippen molar-refractivity contribution in [3.05, 3.63) is 72.3 Å². The Morgan fingerprint density at radius 2 is 1.70 bits per heavy atom. The van der Waals surface area contributed by atoms with E-state index in [0.29, 0.717) is 13.2 Å². The van der Waals surface area contributed by atoms with E-state index >= 15 is 0 Å². The molecule has 0 saturated carbocycles. The first-order valence-corrected chi connectivity index (χ1v) is 11.3. The summed E-state index contributed by atoms with van der Waals surface area (Å²) in [5.74, 6) is 0.605. The van der Waals surface area contributed by atoms with Gasteiger partial charge in [-0.3, -0.25) is 4.79 Å². The molecule has 0 unspecified atom stereocenters. The van der Waals surface area contributed by atoms with Crippen LogP contribution in [0.1, 0.15) is 12.0 Å². The average Bonchev–Trinajstić information content (AvgIpc) is 2.74. The van der Waals surface area contributed by atoms with Crippen LogP contribution in [0.15, 0.2) is 71.6 Å². The number of sulfonamides is 1. The summed E-state index contributed by atoms with van der Waals surface area (Å²) in [5, 5.41) is 1.82. The minimum absolute atomic E-state index is 0.0388. The summed E-state index contributed by atoms with van der Waals surface area (Å²) in [6, 6.07) is 20.2. The van der Waals surface area contributed by atoms with Gasteiger partial charge in [-0.25, -0.2) is 13.1 Å². The monoisotopic (exact) mass is 426 g/mol. The molecule has 7 heteroatoms. The summed E-state index contributed by atoms with van der Waals surface area (Å²) in [7, 11) is -2.00. The second kappa shape index (κ2) is 9.73. The number of likely N-dealkylation sites (N-methyl/N-ethyl adjacent to an activating group) is 1. The average molecular weight is 427 g/mol. The fourth-order valence-corrected chi connectivity index (χ4v) is 4.03. The fraction of sp³-hybridized carbons (Fsp3) is 0.261. The maximum absolute atomic E-state index is 12.5. The van der Waals surface area contributed by atoms with Gasteiger partial charge in [-0.1, -0.05) is 48.0 Å². The Hall–Kier alpha value is -2.90. The lowest BCUT2D eigenvalue weighted by atomic mass is 10.1. The minimum Gasteiger partial charge on any atom is -0.492 e. The van der Waals surface area contributed by atoms with Crippen LogP contribution < -0.4 is 9.46 Å². The molecule has 3 aromatic carbocycles. The second-order valence-corrected chi connectivity index (χ2v) is 8.90. The number of carbonyl (C=O) groups excluding carboxylic acids is 1. The third-order valence-corrected chi connectivity index (χ3v) is 6.26. The van der Waals surface area contributed by atoms with Crippen molar-refractivity contribution in [1.29, 1.82) is 0 Å². The topological polar surface area (TPSA) is 75.7 Å². The van der Waals surface area contributed by atoms with Crippen LogP contribution >= 0.6 is 0 Å². The van der Waals surface area contributed by atoms with E-state index in [1.807, 2.05) is 55.5 Å². The summed E-state index contributed by atoms with van der Waals surface area (Å²) in [6.07, 6.45) is 0.0772. The third kappa shape index (κ3) is 5.81. The van der Waals surface area contributed by atoms with Crippen LogP contribution in [0.3, 0.4) is 0 Å². The Morgan fingerprint density at radius 1 is 1.00 bits per heavy atom. The van der Waals surface area contributed by atoms with Crippen LogP contribution in [0.25, 0.3) is 10.8 Å². The first kappa shape index (κ1) is 21.8. The molecule has 0 spiro atoms. The number of nitrogens with zero attached hydrogens (tertiary/aromatic N) is 1. The number of amides is 1. The highest BCUT2D eigenvalue weighted by Crippen LogP contribution is 2.18. The number of benzene rings is 3. The molecule has 0 aliphatic heterocycles. The number of ether oxygens (including phenoxy) is 1. The molecular weight excluding hydrogens is 400 g/mol. The molecule has 1 amide bonds. The molecule has 3 aromatic rings. The Balaban J connectivity index is 1.45. The first-order chi connectivity index (χ1) is 14.3. The maximum atomic E-state index is 12.5. The molecule has 158 valence electrons. The normalized spacial score (nSPS) is 11.4. The highest BCUT2D eigenvalue weighted by molar-refractivity contribution is 7.89. The zero-order valence-electron chi connectivity index (χ0n) is 17.2. The molecule has 0 radical (unpaired) electrons. The highest BCUT2D eigenvalue weighted by Gasteiger charge is 2.16. The van der Waals surface area contributed by atoms with Crippen molar-refractivity contribution in [2.24, 2.45) is 0 Å². The van der Waals surface area contributed by atoms with E-state index in [1.54, 1.807) is 30.1 Å². The molecule has 30 heavy (non-hydrogen) atoms. The molecule has 0 aromatic heterocycles. The predicted molar refractivity (Wildman–Crippen MR) is 118 cm³/mol. The van der Waals surface area contributed by atoms with Crippen molar-refractivity contribution < 1.29 is 17.9 Å². The van der Waals surface area contributed by atoms with E-state index in [4.69, 9.17) is 4.74 Å². The van der Waals surface area contributed by atoms with E-state index in [-0.39, 0.29) is 23.8 Å². The van der Waals surface area contributed by atoms with Crippen molar-refractivity contribution in [2.45, 2.75) is 18.2 Å². The summed E-state index contributed by atoms with van der Waals surface area (Å²) in [6.45, 7) is 2.83. The van der Waals surface area contributed by atoms with E-state index in [1.165, 1.54) is 0 Å². The SMILES string of the molecule is Cc1ccc(OCCN(C)C(=O)CCNS(=O)(=O)c2ccc3ccccc3c2)cc1. The number of fused-ring (bicyclic) bond motifs is 1. The first-order valence-electron chi connectivity index (χ1n) is 9.77. The van der Waals surface area contributed by atoms with Crippen LogP contribution in [0, 0.1) is 6.92 Å². The molecule has 0 heterocycles. The Bertz CT molecular complexity index is 1110. The predicted octanol–water partition coefficient (Wildman–Crippen LogP) is 3.35. The number of rotatable bonds is 9. The summed E-state index contributed by atoms with van der Waals surface area (Å²) in [4.78, 5) is 14.0. The molecule has 0 saturated heterocycles. The zero-order chi connectivity index (χ0) is 21.6. The van der Waals surface area contributed by atoms with Crippen molar-refractivity contribution in [1.82, 2.24) is 9.62 Å². The smallest absolute Gasteiger partial charge is 0.240 e. The van der Waals surface area contributed by atoms with Gasteiger partial charge in [-0.2, -0.15) is 0 Å². The molecule has 3 rings (SSSR count). The van der Waals surface area contributed by atoms with Gasteiger partial charge in [0, 0.05) is 20.0 Å². The van der Waals surface area contributed by atoms with Gasteiger partial charge in [-0.15, -0.1) is 0 Å². The van der Waals surface area contributed by atoms with Gasteiger partial charge in [0.25, 0.3) is 0 Å². The fourth-order valence-electron chi connectivity index (χ4n) is 2.96. The number of nitrogens with one attached hydrogen (secondary N) is 1. The molecule has 0 aliphatic carbocycles. The standard InChI is InChI=1S/C23H26N2O4S/c1-18-7-10-21(11-8-18)29-16-15-25(2)23(26)13-14-24-30(27,28)22-12-9-19-5-3-4-6-20(19)17-22/h3-12,17,24H,13-16H2,1-2H3. The lowest BCUT2D eigenvalue weighted by Gasteiger charge is -2.18. The molecule has 0 bridgehead atoms. The Kier molecular flexibility index (Phi) is 7.07. The molecule has 0 fully saturated rings. The van der Waals surface area contributed by atoms with Crippen LogP contribution in [-0.4, -0.2) is 46.0 Å². The van der Waals surface area contributed by atoms with Gasteiger partial charge in [0.2, 0.25) is 15.9 Å². The quantitative estimate of drug-likeness (QED) is 0.569. The van der Waals surface area contributed by atoms with Crippen LogP contribution in [0.4, 0.5) is 0 Å². The van der Waals surface area contributed by atoms with Crippen LogP contribution in [-0.2, 0) is 14.8 Å². The molecule has 0 aliphatic rings. The van der Waals surface area contributed by atoms with Gasteiger partial charge in [0.1, 0.15) is 12.4 Å². The van der Waals surface area contributed by atoms with Crippen LogP contribution in [0.2, 0.25) is 0 Å². The minimum atomic E-state index is -3.68. The van der Waals surface area contributed by atoms with Crippen molar-refractivity contribution >= 4 is 26.7 Å². The third-order valence-electron chi connectivity index (χ3n) is 4.80. The van der Waals surface area contributed by atoms with Gasteiger partial charge in [0.15, 0.2) is 0 Å². The number of hydrogen-bond acceptors (Lipinski definition) is 4. The number of carbonyl (C=O) groups is 1. The van der Waals surface area contributed by atoms with Crippen molar-refractivity contribution in [3.63, 3.8) is 0 Å². The second-order valence-electron chi connectivity index (χ2n) is 7.13. The highest BCUT2D eigenvalue weighted by atomic mass is 32.2. The van der Waals surface area contributed by atoms with Gasteiger partial charge in [0.05, 0.1) is 11.4 Å². The Morgan fingerprint density at radius 3 is 2.43 bits per heavy atom. The maximum Gasteiger partial charge on any atom is 0.240 e. The van der Waals surface area contributed by atoms with E-state index in [9.17, 15) is 13.2 Å². The lowest BCUT2D eigenvalue weighted by molar-refractivity contribution is -0.130. The molecule has 6 nitrogen and oxygen atoms in total. The van der Waals surface area contributed by atoms with Gasteiger partial charge >= 0.3 is 0 Å². The van der Waals surface area contributed by atoms with Crippen molar-refractivity contribution in [3.8, 4) is 5.75 Å². The largest absolute Gasteiger partial charge is 0.492 e. The molecule has 0 atom stereocenters. The zero-order valence-corrected chi connectivity index (χ0v) is 18.0. The van der Waals surface area contributed by atoms with Gasteiger partial charge < -0.3 is 9.64 Å². The van der Waals surface area contributed by atoms with Crippen molar-refractivity contribution in [2.75, 3.05) is 26.7 Å². The Labute approximate surface area is 177 Å².